The molecule has 0 aliphatic carbocycles. The number of rotatable bonds is 5. The highest BCUT2D eigenvalue weighted by Crippen LogP contribution is 2.25. The molecule has 0 saturated heterocycles. The summed E-state index contributed by atoms with van der Waals surface area (Å²) < 4.78 is 25.3. The van der Waals surface area contributed by atoms with Gasteiger partial charge in [-0.15, -0.1) is 0 Å². The number of hydrogen-bond donors (Lipinski definition) is 2. The molecule has 0 aliphatic heterocycles. The van der Waals surface area contributed by atoms with Crippen LogP contribution in [0.2, 0.25) is 10.0 Å². The first-order valence-corrected chi connectivity index (χ1v) is 10.3. The third-order valence-corrected chi connectivity index (χ3v) is 5.40. The summed E-state index contributed by atoms with van der Waals surface area (Å²) in [6.07, 6.45) is 2.62. The molecule has 0 atom stereocenters. The van der Waals surface area contributed by atoms with Crippen molar-refractivity contribution in [2.75, 3.05) is 5.32 Å². The normalized spacial score (nSPS) is 11.1. The van der Waals surface area contributed by atoms with Crippen molar-refractivity contribution in [1.29, 1.82) is 5.26 Å². The summed E-state index contributed by atoms with van der Waals surface area (Å²) in [5, 5.41) is 21.6. The molecule has 0 fully saturated rings. The van der Waals surface area contributed by atoms with Gasteiger partial charge in [0.1, 0.15) is 11.0 Å². The minimum Gasteiger partial charge on any atom is -0.326 e. The highest BCUT2D eigenvalue weighted by Gasteiger charge is 2.18. The van der Waals surface area contributed by atoms with E-state index in [1.54, 1.807) is 12.1 Å². The van der Waals surface area contributed by atoms with E-state index in [2.05, 4.69) is 10.4 Å². The van der Waals surface area contributed by atoms with E-state index in [0.29, 0.717) is 15.6 Å². The Hall–Kier alpha value is -2.90. The zero-order chi connectivity index (χ0) is 21.2. The lowest BCUT2D eigenvalue weighted by molar-refractivity contribution is -0.115. The number of amides is 1. The number of nitrogens with zero attached hydrogens (tertiary/aromatic N) is 3. The van der Waals surface area contributed by atoms with Crippen LogP contribution in [-0.4, -0.2) is 24.1 Å². The standard InChI is InChI=1S/C18H13Cl2N5O3S/c19-13-2-1-12(15(20)6-13)5-18(26)24-14-3-4-16(17(7-14)29(22,27)28)25-10-11(8-21)9-23-25/h1-4,6-7,9-10H,5H2,(H,24,26)(H2,22,27,28). The van der Waals surface area contributed by atoms with Crippen LogP contribution >= 0.6 is 23.2 Å². The maximum absolute atomic E-state index is 12.3. The van der Waals surface area contributed by atoms with Crippen LogP contribution in [0.25, 0.3) is 5.69 Å². The van der Waals surface area contributed by atoms with Crippen molar-refractivity contribution >= 4 is 44.8 Å². The number of primary sulfonamides is 1. The average Bonchev–Trinajstić information content (AvgIpc) is 3.12. The molecule has 3 rings (SSSR count). The number of hydrogen-bond acceptors (Lipinski definition) is 5. The number of benzene rings is 2. The van der Waals surface area contributed by atoms with Crippen molar-refractivity contribution in [1.82, 2.24) is 9.78 Å². The summed E-state index contributed by atoms with van der Waals surface area (Å²) in [6.45, 7) is 0. The zero-order valence-electron chi connectivity index (χ0n) is 14.6. The van der Waals surface area contributed by atoms with Gasteiger partial charge in [0.15, 0.2) is 0 Å². The molecular formula is C18H13Cl2N5O3S. The van der Waals surface area contributed by atoms with Gasteiger partial charge in [0.25, 0.3) is 0 Å². The first kappa shape index (κ1) is 20.8. The second-order valence-corrected chi connectivity index (χ2v) is 8.35. The van der Waals surface area contributed by atoms with Gasteiger partial charge in [-0.25, -0.2) is 18.2 Å². The summed E-state index contributed by atoms with van der Waals surface area (Å²) in [7, 11) is -4.14. The minimum absolute atomic E-state index is 0.0346. The highest BCUT2D eigenvalue weighted by atomic mass is 35.5. The van der Waals surface area contributed by atoms with Crippen LogP contribution in [0, 0.1) is 11.3 Å². The SMILES string of the molecule is N#Cc1cnn(-c2ccc(NC(=O)Cc3ccc(Cl)cc3Cl)cc2S(N)(=O)=O)c1. The van der Waals surface area contributed by atoms with Crippen molar-refractivity contribution in [2.45, 2.75) is 11.3 Å². The second kappa shape index (κ2) is 8.23. The van der Waals surface area contributed by atoms with Crippen LogP contribution in [-0.2, 0) is 21.2 Å². The molecule has 1 amide bonds. The quantitative estimate of drug-likeness (QED) is 0.617. The Morgan fingerprint density at radius 3 is 2.62 bits per heavy atom. The van der Waals surface area contributed by atoms with E-state index < -0.39 is 15.9 Å². The number of nitrogens with one attached hydrogen (secondary N) is 1. The van der Waals surface area contributed by atoms with Crippen molar-refractivity contribution in [3.8, 4) is 11.8 Å². The monoisotopic (exact) mass is 449 g/mol. The van der Waals surface area contributed by atoms with Gasteiger partial charge in [0.05, 0.1) is 23.9 Å². The molecule has 0 unspecified atom stereocenters. The lowest BCUT2D eigenvalue weighted by Gasteiger charge is -2.12. The molecule has 11 heteroatoms. The van der Waals surface area contributed by atoms with E-state index in [1.807, 2.05) is 6.07 Å². The number of nitrogens with two attached hydrogens (primary N) is 1. The first-order chi connectivity index (χ1) is 13.7. The van der Waals surface area contributed by atoms with Gasteiger partial charge in [-0.05, 0) is 35.9 Å². The van der Waals surface area contributed by atoms with Crippen LogP contribution in [0.3, 0.4) is 0 Å². The third kappa shape index (κ3) is 4.93. The number of aromatic nitrogens is 2. The number of carbonyl (C=O) groups excluding carboxylic acids is 1. The van der Waals surface area contributed by atoms with Gasteiger partial charge < -0.3 is 5.32 Å². The summed E-state index contributed by atoms with van der Waals surface area (Å²) in [5.74, 6) is -0.409. The molecule has 0 bridgehead atoms. The van der Waals surface area contributed by atoms with Gasteiger partial charge >= 0.3 is 0 Å². The third-order valence-electron chi connectivity index (χ3n) is 3.87. The van der Waals surface area contributed by atoms with E-state index >= 15 is 0 Å². The topological polar surface area (TPSA) is 131 Å². The smallest absolute Gasteiger partial charge is 0.240 e. The summed E-state index contributed by atoms with van der Waals surface area (Å²) in [5.41, 5.74) is 1.19. The largest absolute Gasteiger partial charge is 0.326 e. The molecule has 3 aromatic rings. The van der Waals surface area contributed by atoms with Gasteiger partial charge in [0, 0.05) is 21.9 Å². The maximum atomic E-state index is 12.3. The van der Waals surface area contributed by atoms with Crippen LogP contribution in [0.4, 0.5) is 5.69 Å². The Labute approximate surface area is 176 Å². The van der Waals surface area contributed by atoms with Gasteiger partial charge in [-0.2, -0.15) is 10.4 Å². The molecule has 2 aromatic carbocycles. The summed E-state index contributed by atoms with van der Waals surface area (Å²) in [6, 6.07) is 10.8. The molecule has 0 radical (unpaired) electrons. The first-order valence-electron chi connectivity index (χ1n) is 8.03. The van der Waals surface area contributed by atoms with Crippen LogP contribution < -0.4 is 10.5 Å². The molecule has 1 heterocycles. The van der Waals surface area contributed by atoms with E-state index in [1.165, 1.54) is 41.3 Å². The molecular weight excluding hydrogens is 437 g/mol. The summed E-state index contributed by atoms with van der Waals surface area (Å²) in [4.78, 5) is 12.1. The van der Waals surface area contributed by atoms with Gasteiger partial charge in [-0.1, -0.05) is 29.3 Å². The van der Waals surface area contributed by atoms with E-state index in [0.717, 1.165) is 0 Å². The summed E-state index contributed by atoms with van der Waals surface area (Å²) >= 11 is 11.9. The number of anilines is 1. The van der Waals surface area contributed by atoms with E-state index in [9.17, 15) is 13.2 Å². The molecule has 1 aromatic heterocycles. The van der Waals surface area contributed by atoms with Crippen molar-refractivity contribution in [2.24, 2.45) is 5.14 Å². The fourth-order valence-corrected chi connectivity index (χ4v) is 3.78. The fraction of sp³-hybridized carbons (Fsp3) is 0.0556. The van der Waals surface area contributed by atoms with Gasteiger partial charge in [-0.3, -0.25) is 4.79 Å². The highest BCUT2D eigenvalue weighted by molar-refractivity contribution is 7.89. The zero-order valence-corrected chi connectivity index (χ0v) is 17.0. The number of halogens is 2. The molecule has 148 valence electrons. The average molecular weight is 450 g/mol. The molecule has 8 nitrogen and oxygen atoms in total. The van der Waals surface area contributed by atoms with Crippen LogP contribution in [0.5, 0.6) is 0 Å². The lowest BCUT2D eigenvalue weighted by Crippen LogP contribution is -2.18. The Bertz CT molecular complexity index is 1250. The van der Waals surface area contributed by atoms with Crippen molar-refractivity contribution in [3.63, 3.8) is 0 Å². The second-order valence-electron chi connectivity index (χ2n) is 5.97. The Balaban J connectivity index is 1.88. The Kier molecular flexibility index (Phi) is 5.91. The fourth-order valence-electron chi connectivity index (χ4n) is 2.56. The molecule has 0 saturated carbocycles. The van der Waals surface area contributed by atoms with Crippen LogP contribution in [0.15, 0.2) is 53.7 Å². The number of nitriles is 1. The lowest BCUT2D eigenvalue weighted by atomic mass is 10.1. The molecule has 0 aliphatic rings. The van der Waals surface area contributed by atoms with Crippen molar-refractivity contribution in [3.05, 3.63) is 70.0 Å². The van der Waals surface area contributed by atoms with Crippen LogP contribution in [0.1, 0.15) is 11.1 Å². The van der Waals surface area contributed by atoms with Crippen molar-refractivity contribution < 1.29 is 13.2 Å². The van der Waals surface area contributed by atoms with E-state index in [-0.39, 0.29) is 28.3 Å². The molecule has 29 heavy (non-hydrogen) atoms. The Morgan fingerprint density at radius 2 is 2.00 bits per heavy atom. The predicted molar refractivity (Wildman–Crippen MR) is 108 cm³/mol. The molecule has 3 N–H and O–H groups in total. The van der Waals surface area contributed by atoms with E-state index in [4.69, 9.17) is 33.6 Å². The van der Waals surface area contributed by atoms with Gasteiger partial charge in [0.2, 0.25) is 15.9 Å². The predicted octanol–water partition coefficient (Wildman–Crippen LogP) is 2.88. The molecule has 0 spiro atoms. The maximum Gasteiger partial charge on any atom is 0.240 e. The number of carbonyl (C=O) groups is 1. The Morgan fingerprint density at radius 1 is 1.24 bits per heavy atom. The minimum atomic E-state index is -4.14. The number of sulfonamides is 1.